The molecule has 0 saturated heterocycles. The minimum Gasteiger partial charge on any atom is -0.341 e. The molecule has 0 radical (unpaired) electrons. The maximum atomic E-state index is 11.4. The molecule has 1 aliphatic heterocycles. The van der Waals surface area contributed by atoms with E-state index >= 15 is 0 Å². The fourth-order valence-corrected chi connectivity index (χ4v) is 3.79. The summed E-state index contributed by atoms with van der Waals surface area (Å²) in [6.07, 6.45) is 0. The molecule has 0 bridgehead atoms. The van der Waals surface area contributed by atoms with E-state index in [4.69, 9.17) is 11.6 Å². The maximum absolute atomic E-state index is 11.4. The summed E-state index contributed by atoms with van der Waals surface area (Å²) in [6, 6.07) is 1.58. The summed E-state index contributed by atoms with van der Waals surface area (Å²) in [7, 11) is -3.51. The monoisotopic (exact) mass is 236 g/mol. The highest BCUT2D eigenvalue weighted by atomic mass is 35.5. The highest BCUT2D eigenvalue weighted by molar-refractivity contribution is 7.92. The number of thiophene rings is 1. The molecule has 0 aromatic carbocycles. The smallest absolute Gasteiger partial charge is 0.295 e. The first-order valence-electron chi connectivity index (χ1n) is 3.37. The van der Waals surface area contributed by atoms with E-state index < -0.39 is 10.0 Å². The van der Waals surface area contributed by atoms with Gasteiger partial charge in [-0.3, -0.25) is 0 Å². The Hall–Kier alpha value is -0.590. The first-order valence-corrected chi connectivity index (χ1v) is 6.00. The number of hydrogen-bond acceptors (Lipinski definition) is 4. The Morgan fingerprint density at radius 2 is 2.31 bits per heavy atom. The molecule has 1 aromatic heterocycles. The molecular formula is C6H5ClN2O2S2. The summed E-state index contributed by atoms with van der Waals surface area (Å²) in [4.78, 5) is 0. The lowest BCUT2D eigenvalue weighted by Crippen LogP contribution is -2.16. The zero-order valence-corrected chi connectivity index (χ0v) is 8.92. The summed E-state index contributed by atoms with van der Waals surface area (Å²) in [6.45, 7) is 1.59. The number of hydrogen-bond donors (Lipinski definition) is 1. The Morgan fingerprint density at radius 1 is 1.62 bits per heavy atom. The molecule has 0 saturated carbocycles. The van der Waals surface area contributed by atoms with Gasteiger partial charge in [0.25, 0.3) is 10.0 Å². The van der Waals surface area contributed by atoms with Crippen LogP contribution in [0.3, 0.4) is 0 Å². The van der Waals surface area contributed by atoms with Gasteiger partial charge in [0, 0.05) is 0 Å². The SMILES string of the molecule is CC1=NS(=O)(=O)c2sc(Cl)cc2N1. The van der Waals surface area contributed by atoms with Crippen molar-refractivity contribution >= 4 is 44.5 Å². The Bertz CT molecular complexity index is 489. The van der Waals surface area contributed by atoms with E-state index in [1.165, 1.54) is 0 Å². The van der Waals surface area contributed by atoms with Crippen molar-refractivity contribution in [2.75, 3.05) is 5.32 Å². The van der Waals surface area contributed by atoms with Crippen molar-refractivity contribution in [3.05, 3.63) is 10.4 Å². The summed E-state index contributed by atoms with van der Waals surface area (Å²) in [5, 5.41) is 2.83. The van der Waals surface area contributed by atoms with Crippen LogP contribution in [0.5, 0.6) is 0 Å². The van der Waals surface area contributed by atoms with E-state index in [2.05, 4.69) is 9.71 Å². The van der Waals surface area contributed by atoms with Gasteiger partial charge >= 0.3 is 0 Å². The van der Waals surface area contributed by atoms with Gasteiger partial charge in [0.05, 0.1) is 10.0 Å². The molecule has 0 spiro atoms. The largest absolute Gasteiger partial charge is 0.341 e. The Kier molecular flexibility index (Phi) is 1.86. The van der Waals surface area contributed by atoms with Crippen LogP contribution in [0.15, 0.2) is 14.7 Å². The van der Waals surface area contributed by atoms with Crippen molar-refractivity contribution < 1.29 is 8.42 Å². The van der Waals surface area contributed by atoms with Crippen LogP contribution in [0.4, 0.5) is 5.69 Å². The standard InChI is InChI=1S/C6H5ClN2O2S2/c1-3-8-4-2-5(7)12-6(4)13(10,11)9-3/h2H,1H3,(H,8,9). The summed E-state index contributed by atoms with van der Waals surface area (Å²) < 4.78 is 27.0. The molecule has 4 nitrogen and oxygen atoms in total. The average Bonchev–Trinajstić information content (AvgIpc) is 2.28. The van der Waals surface area contributed by atoms with E-state index in [9.17, 15) is 8.42 Å². The number of sulfonamides is 1. The van der Waals surface area contributed by atoms with Gasteiger partial charge in [0.1, 0.15) is 5.84 Å². The van der Waals surface area contributed by atoms with Gasteiger partial charge in [-0.25, -0.2) is 0 Å². The fraction of sp³-hybridized carbons (Fsp3) is 0.167. The van der Waals surface area contributed by atoms with Gasteiger partial charge in [0.2, 0.25) is 0 Å². The number of nitrogens with zero attached hydrogens (tertiary/aromatic N) is 1. The molecule has 1 aliphatic rings. The quantitative estimate of drug-likeness (QED) is 0.749. The number of nitrogens with one attached hydrogen (secondary N) is 1. The van der Waals surface area contributed by atoms with Crippen molar-refractivity contribution in [2.24, 2.45) is 4.40 Å². The third-order valence-corrected chi connectivity index (χ3v) is 4.62. The van der Waals surface area contributed by atoms with E-state index in [0.717, 1.165) is 11.3 Å². The van der Waals surface area contributed by atoms with Crippen LogP contribution >= 0.6 is 22.9 Å². The predicted molar refractivity (Wildman–Crippen MR) is 53.2 cm³/mol. The second-order valence-electron chi connectivity index (χ2n) is 2.53. The molecule has 70 valence electrons. The number of anilines is 1. The molecule has 0 unspecified atom stereocenters. The zero-order valence-electron chi connectivity index (χ0n) is 6.54. The second-order valence-corrected chi connectivity index (χ2v) is 6.01. The van der Waals surface area contributed by atoms with Crippen molar-refractivity contribution in [3.8, 4) is 0 Å². The molecular weight excluding hydrogens is 232 g/mol. The molecule has 0 atom stereocenters. The van der Waals surface area contributed by atoms with Crippen molar-refractivity contribution in [1.29, 1.82) is 0 Å². The topological polar surface area (TPSA) is 58.5 Å². The maximum Gasteiger partial charge on any atom is 0.295 e. The molecule has 0 amide bonds. The number of amidine groups is 1. The zero-order chi connectivity index (χ0) is 9.64. The first-order chi connectivity index (χ1) is 5.99. The van der Waals surface area contributed by atoms with Gasteiger partial charge in [0.15, 0.2) is 4.21 Å². The summed E-state index contributed by atoms with van der Waals surface area (Å²) in [5.41, 5.74) is 0.516. The number of fused-ring (bicyclic) bond motifs is 1. The molecule has 0 aliphatic carbocycles. The first kappa shape index (κ1) is 8.98. The molecule has 2 rings (SSSR count). The Morgan fingerprint density at radius 3 is 3.00 bits per heavy atom. The number of halogens is 1. The van der Waals surface area contributed by atoms with Crippen LogP contribution < -0.4 is 5.32 Å². The molecule has 13 heavy (non-hydrogen) atoms. The summed E-state index contributed by atoms with van der Waals surface area (Å²) >= 11 is 6.70. The van der Waals surface area contributed by atoms with Crippen LogP contribution in [0.25, 0.3) is 0 Å². The molecule has 1 aromatic rings. The van der Waals surface area contributed by atoms with Crippen LogP contribution in [-0.4, -0.2) is 14.3 Å². The average molecular weight is 237 g/mol. The molecule has 0 fully saturated rings. The minimum atomic E-state index is -3.51. The molecule has 7 heteroatoms. The van der Waals surface area contributed by atoms with Crippen molar-refractivity contribution in [3.63, 3.8) is 0 Å². The third-order valence-electron chi connectivity index (χ3n) is 1.47. The normalized spacial score (nSPS) is 18.8. The van der Waals surface area contributed by atoms with Crippen molar-refractivity contribution in [1.82, 2.24) is 0 Å². The predicted octanol–water partition coefficient (Wildman–Crippen LogP) is 1.93. The Balaban J connectivity index is 2.71. The van der Waals surface area contributed by atoms with Gasteiger partial charge in [-0.1, -0.05) is 11.6 Å². The molecule has 1 N–H and O–H groups in total. The van der Waals surface area contributed by atoms with E-state index in [0.29, 0.717) is 15.9 Å². The van der Waals surface area contributed by atoms with Crippen LogP contribution in [0.1, 0.15) is 6.92 Å². The highest BCUT2D eigenvalue weighted by Crippen LogP contribution is 2.37. The van der Waals surface area contributed by atoms with E-state index in [1.807, 2.05) is 0 Å². The van der Waals surface area contributed by atoms with E-state index in [-0.39, 0.29) is 4.21 Å². The Labute approximate surface area is 84.3 Å². The fourth-order valence-electron chi connectivity index (χ4n) is 1.06. The third kappa shape index (κ3) is 1.45. The van der Waals surface area contributed by atoms with Crippen LogP contribution in [0.2, 0.25) is 4.34 Å². The van der Waals surface area contributed by atoms with Crippen LogP contribution in [-0.2, 0) is 10.0 Å². The molecule has 2 heterocycles. The number of rotatable bonds is 0. The van der Waals surface area contributed by atoms with Gasteiger partial charge < -0.3 is 5.32 Å². The lowest BCUT2D eigenvalue weighted by Gasteiger charge is -2.10. The van der Waals surface area contributed by atoms with Gasteiger partial charge in [-0.15, -0.1) is 15.7 Å². The second kappa shape index (κ2) is 2.70. The minimum absolute atomic E-state index is 0.183. The van der Waals surface area contributed by atoms with E-state index in [1.54, 1.807) is 13.0 Å². The van der Waals surface area contributed by atoms with Gasteiger partial charge in [-0.2, -0.15) is 8.42 Å². The summed E-state index contributed by atoms with van der Waals surface area (Å²) in [5.74, 6) is 0.363. The van der Waals surface area contributed by atoms with Crippen molar-refractivity contribution in [2.45, 2.75) is 11.1 Å². The lowest BCUT2D eigenvalue weighted by molar-refractivity contribution is 0.600. The highest BCUT2D eigenvalue weighted by Gasteiger charge is 2.25. The lowest BCUT2D eigenvalue weighted by atomic mass is 10.5. The van der Waals surface area contributed by atoms with Gasteiger partial charge in [-0.05, 0) is 13.0 Å². The van der Waals surface area contributed by atoms with Crippen LogP contribution in [0, 0.1) is 0 Å².